The van der Waals surface area contributed by atoms with E-state index in [1.165, 1.54) is 39.9 Å². The van der Waals surface area contributed by atoms with Gasteiger partial charge < -0.3 is 9.47 Å². The first-order valence-corrected chi connectivity index (χ1v) is 14.5. The van der Waals surface area contributed by atoms with Crippen LogP contribution in [-0.4, -0.2) is 50.9 Å². The van der Waals surface area contributed by atoms with E-state index < -0.39 is 46.9 Å². The van der Waals surface area contributed by atoms with Crippen molar-refractivity contribution >= 4 is 23.5 Å². The number of methoxy groups -OCH3 is 2. The van der Waals surface area contributed by atoms with Crippen molar-refractivity contribution < 1.29 is 58.4 Å². The van der Waals surface area contributed by atoms with Crippen molar-refractivity contribution in [2.24, 2.45) is 10.8 Å². The van der Waals surface area contributed by atoms with Crippen LogP contribution in [-0.2, 0) is 58.4 Å². The number of rotatable bonds is 16. The van der Waals surface area contributed by atoms with Gasteiger partial charge in [-0.1, -0.05) is 41.5 Å². The Morgan fingerprint density at radius 3 is 1.17 bits per heavy atom. The molecule has 0 amide bonds. The van der Waals surface area contributed by atoms with E-state index in [9.17, 15) is 19.2 Å². The number of carbonyl (C=O) groups is 4. The van der Waals surface area contributed by atoms with Crippen LogP contribution in [0, 0.1) is 10.8 Å². The van der Waals surface area contributed by atoms with Gasteiger partial charge in [0.05, 0.1) is 14.2 Å². The quantitative estimate of drug-likeness (QED) is 0.131. The zero-order chi connectivity index (χ0) is 27.9. The van der Waals surface area contributed by atoms with Crippen LogP contribution in [0.4, 0.5) is 0 Å². The van der Waals surface area contributed by atoms with Crippen molar-refractivity contribution in [3.8, 4) is 0 Å². The molecule has 0 fully saturated rings. The molecule has 8 nitrogen and oxygen atoms in total. The fourth-order valence-corrected chi connectivity index (χ4v) is 3.16. The molecule has 0 saturated heterocycles. The first-order valence-electron chi connectivity index (χ1n) is 12.5. The van der Waals surface area contributed by atoms with Crippen LogP contribution in [0.5, 0.6) is 0 Å². The second-order valence-corrected chi connectivity index (χ2v) is 11.1. The molecule has 206 valence electrons. The van der Waals surface area contributed by atoms with E-state index in [1.54, 1.807) is 0 Å². The molecule has 0 radical (unpaired) electrons. The normalized spacial score (nSPS) is 10.7. The summed E-state index contributed by atoms with van der Waals surface area (Å²) in [5.41, 5.74) is -0.817. The Hall–Kier alpha value is -0.917. The first-order chi connectivity index (χ1) is 16.3. The Balaban J connectivity index is -0.000000439. The third kappa shape index (κ3) is 23.2. The molecular weight excluding hydrogens is 532 g/mol. The van der Waals surface area contributed by atoms with E-state index in [0.29, 0.717) is 0 Å². The fourth-order valence-electron chi connectivity index (χ4n) is 1.84. The summed E-state index contributed by atoms with van der Waals surface area (Å²) in [6, 6.07) is 0. The molecule has 0 unspecified atom stereocenters. The number of hydrogen-bond donors (Lipinski definition) is 0. The third-order valence-electron chi connectivity index (χ3n) is 5.66. The Bertz CT molecular complexity index is 538. The molecule has 0 bridgehead atoms. The van der Waals surface area contributed by atoms with Gasteiger partial charge in [-0.25, -0.2) is 0 Å². The molecule has 0 aromatic carbocycles. The molecule has 0 rings (SSSR count). The van der Waals surface area contributed by atoms with Crippen molar-refractivity contribution in [1.29, 1.82) is 0 Å². The molecule has 35 heavy (non-hydrogen) atoms. The predicted octanol–water partition coefficient (Wildman–Crippen LogP) is 5.64. The van der Waals surface area contributed by atoms with Crippen LogP contribution >= 0.6 is 0 Å². The van der Waals surface area contributed by atoms with Gasteiger partial charge in [-0.3, -0.25) is 19.2 Å². The summed E-state index contributed by atoms with van der Waals surface area (Å²) in [4.78, 5) is 44.2. The summed E-state index contributed by atoms with van der Waals surface area (Å²) >= 11 is -0.876. The number of carbonyl (C=O) groups excluding carboxylic acids is 4. The second kappa shape index (κ2) is 23.5. The minimum absolute atomic E-state index is 0.0585. The Morgan fingerprint density at radius 1 is 0.629 bits per heavy atom. The molecule has 0 aromatic heterocycles. The van der Waals surface area contributed by atoms with E-state index in [1.807, 2.05) is 41.5 Å². The summed E-state index contributed by atoms with van der Waals surface area (Å²) < 4.78 is 19.5. The second-order valence-electron chi connectivity index (χ2n) is 9.31. The summed E-state index contributed by atoms with van der Waals surface area (Å²) in [7, 11) is 2.57. The van der Waals surface area contributed by atoms with E-state index in [-0.39, 0.29) is 24.4 Å². The molecule has 0 N–H and O–H groups in total. The molecule has 9 heteroatoms. The molecule has 0 saturated carbocycles. The van der Waals surface area contributed by atoms with Crippen LogP contribution in [0.3, 0.4) is 0 Å². The number of hydrogen-bond acceptors (Lipinski definition) is 8. The molecule has 0 aliphatic rings. The first kappa shape index (κ1) is 38.6. The van der Waals surface area contributed by atoms with E-state index in [4.69, 9.17) is 5.63 Å². The van der Waals surface area contributed by atoms with Gasteiger partial charge >= 0.3 is 94.4 Å². The molecule has 0 heterocycles. The van der Waals surface area contributed by atoms with Gasteiger partial charge in [0.25, 0.3) is 0 Å². The minimum atomic E-state index is -0.876. The van der Waals surface area contributed by atoms with Crippen LogP contribution < -0.4 is 0 Å². The van der Waals surface area contributed by atoms with Crippen molar-refractivity contribution in [1.82, 2.24) is 0 Å². The number of unbranched alkanes of at least 4 members (excludes halogenated alkanes) is 2. The third-order valence-corrected chi connectivity index (χ3v) is 7.24. The molecule has 0 atom stereocenters. The van der Waals surface area contributed by atoms with Gasteiger partial charge in [-0.2, -0.15) is 0 Å². The number of esters is 2. The molecule has 0 aromatic rings. The van der Waals surface area contributed by atoms with Crippen LogP contribution in [0.1, 0.15) is 107 Å². The summed E-state index contributed by atoms with van der Waals surface area (Å²) in [5, 5.41) is 0. The monoisotopic (exact) mass is 580 g/mol. The Morgan fingerprint density at radius 2 is 0.943 bits per heavy atom. The number of ketones is 2. The average molecular weight is 582 g/mol. The number of Topliss-reactive ketones (excluding diaryl/α,β-unsaturated/α-hetero) is 2. The van der Waals surface area contributed by atoms with E-state index in [2.05, 4.69) is 23.3 Å². The van der Waals surface area contributed by atoms with Crippen molar-refractivity contribution in [3.05, 3.63) is 0 Å². The zero-order valence-corrected chi connectivity index (χ0v) is 26.3. The van der Waals surface area contributed by atoms with Crippen LogP contribution in [0.25, 0.3) is 0 Å². The van der Waals surface area contributed by atoms with Gasteiger partial charge in [-0.15, -0.1) is 0 Å². The van der Waals surface area contributed by atoms with E-state index >= 15 is 0 Å². The summed E-state index contributed by atoms with van der Waals surface area (Å²) in [6.07, 6.45) is 6.04. The Labute approximate surface area is 226 Å². The molecule has 0 aliphatic carbocycles. The maximum atomic E-state index is 11.4. The number of ether oxygens (including phenoxy) is 2. The van der Waals surface area contributed by atoms with E-state index in [0.717, 1.165) is 26.1 Å². The Kier molecular flexibility index (Phi) is 25.9. The van der Waals surface area contributed by atoms with Gasteiger partial charge in [0.2, 0.25) is 0 Å². The van der Waals surface area contributed by atoms with Gasteiger partial charge in [-0.05, 0) is 12.8 Å². The van der Waals surface area contributed by atoms with Gasteiger partial charge in [0.15, 0.2) is 0 Å². The molecule has 0 aliphatic heterocycles. The van der Waals surface area contributed by atoms with Crippen molar-refractivity contribution in [2.75, 3.05) is 27.4 Å². The van der Waals surface area contributed by atoms with Crippen molar-refractivity contribution in [2.45, 2.75) is 107 Å². The van der Waals surface area contributed by atoms with Gasteiger partial charge in [0.1, 0.15) is 24.4 Å². The molecular formula is C26H50O8Zr. The summed E-state index contributed by atoms with van der Waals surface area (Å²) in [6.45, 7) is 17.3. The fraction of sp³-hybridized carbons (Fsp3) is 0.846. The predicted molar refractivity (Wildman–Crippen MR) is 133 cm³/mol. The maximum absolute atomic E-state index is 11.4. The average Bonchev–Trinajstić information content (AvgIpc) is 2.83. The topological polar surface area (TPSA) is 105 Å². The van der Waals surface area contributed by atoms with Gasteiger partial charge in [0, 0.05) is 10.8 Å². The molecule has 0 spiro atoms. The SMILES string of the molecule is CCC(C)(C)C(=O)CC(=O)OC.CCC(C)(C)C(=O)CC(=O)OC.CCCC[O][Zr][O]CCCC. The zero-order valence-electron chi connectivity index (χ0n) is 23.8. The van der Waals surface area contributed by atoms with Crippen molar-refractivity contribution in [3.63, 3.8) is 0 Å². The van der Waals surface area contributed by atoms with Crippen LogP contribution in [0.15, 0.2) is 0 Å². The summed E-state index contributed by atoms with van der Waals surface area (Å²) in [5.74, 6) is -1.03. The standard InChI is InChI=1S/2C9H16O3.2C4H9O.Zr/c2*1-5-9(2,3)7(10)6-8(11)12-4;2*1-2-3-4-5;/h2*5-6H2,1-4H3;2*2-4H2,1H3;/q;;2*-1;+2. The van der Waals surface area contributed by atoms with Crippen LogP contribution in [0.2, 0.25) is 0 Å².